The molecule has 2 amide bonds. The molecule has 0 aliphatic carbocycles. The largest absolute Gasteiger partial charge is 0.353 e. The number of benzene rings is 1. The van der Waals surface area contributed by atoms with E-state index < -0.39 is 6.04 Å². The van der Waals surface area contributed by atoms with Crippen LogP contribution in [0.15, 0.2) is 29.6 Å². The molecular weight excluding hydrogens is 350 g/mol. The Morgan fingerprint density at radius 1 is 1.31 bits per heavy atom. The highest BCUT2D eigenvalue weighted by Crippen LogP contribution is 2.21. The van der Waals surface area contributed by atoms with Crippen molar-refractivity contribution in [3.05, 3.63) is 40.9 Å². The Kier molecular flexibility index (Phi) is 7.11. The van der Waals surface area contributed by atoms with E-state index in [2.05, 4.69) is 20.9 Å². The highest BCUT2D eigenvalue weighted by molar-refractivity contribution is 7.14. The van der Waals surface area contributed by atoms with Crippen molar-refractivity contribution in [3.63, 3.8) is 0 Å². The van der Waals surface area contributed by atoms with Gasteiger partial charge in [-0.1, -0.05) is 12.1 Å². The van der Waals surface area contributed by atoms with Crippen molar-refractivity contribution in [3.8, 4) is 0 Å². The highest BCUT2D eigenvalue weighted by Gasteiger charge is 2.18. The Morgan fingerprint density at radius 3 is 2.77 bits per heavy atom. The van der Waals surface area contributed by atoms with Crippen molar-refractivity contribution in [2.45, 2.75) is 19.9 Å². The molecule has 0 bridgehead atoms. The summed E-state index contributed by atoms with van der Waals surface area (Å²) < 4.78 is 0. The van der Waals surface area contributed by atoms with Gasteiger partial charge in [0.1, 0.15) is 11.7 Å². The molecule has 1 unspecified atom stereocenters. The molecule has 0 fully saturated rings. The maximum atomic E-state index is 12.3. The van der Waals surface area contributed by atoms with E-state index in [0.717, 1.165) is 17.8 Å². The van der Waals surface area contributed by atoms with Crippen LogP contribution in [-0.2, 0) is 4.79 Å². The van der Waals surface area contributed by atoms with Crippen LogP contribution in [-0.4, -0.2) is 54.9 Å². The van der Waals surface area contributed by atoms with Gasteiger partial charge in [-0.15, -0.1) is 11.3 Å². The number of carbonyl (C=O) groups excluding carboxylic acids is 2. The van der Waals surface area contributed by atoms with Gasteiger partial charge in [0.2, 0.25) is 5.91 Å². The molecule has 1 atom stereocenters. The fourth-order valence-electron chi connectivity index (χ4n) is 2.17. The third-order valence-electron chi connectivity index (χ3n) is 3.61. The smallest absolute Gasteiger partial charge is 0.271 e. The topological polar surface area (TPSA) is 86.4 Å². The van der Waals surface area contributed by atoms with Crippen LogP contribution in [0.4, 0.5) is 10.8 Å². The number of hydrogen-bond donors (Lipinski definition) is 3. The molecule has 0 aliphatic heterocycles. The van der Waals surface area contributed by atoms with E-state index in [1.165, 1.54) is 11.3 Å². The van der Waals surface area contributed by atoms with Crippen LogP contribution < -0.4 is 16.0 Å². The van der Waals surface area contributed by atoms with Crippen molar-refractivity contribution >= 4 is 34.0 Å². The van der Waals surface area contributed by atoms with E-state index in [1.807, 2.05) is 50.2 Å². The van der Waals surface area contributed by atoms with Gasteiger partial charge in [0.15, 0.2) is 5.13 Å². The van der Waals surface area contributed by atoms with Gasteiger partial charge in [-0.2, -0.15) is 0 Å². The molecule has 1 aromatic carbocycles. The van der Waals surface area contributed by atoms with Gasteiger partial charge in [0.05, 0.1) is 0 Å². The fraction of sp³-hybridized carbons (Fsp3) is 0.389. The summed E-state index contributed by atoms with van der Waals surface area (Å²) in [6.07, 6.45) is 0. The van der Waals surface area contributed by atoms with E-state index >= 15 is 0 Å². The van der Waals surface area contributed by atoms with Gasteiger partial charge in [-0.05, 0) is 45.6 Å². The van der Waals surface area contributed by atoms with Crippen molar-refractivity contribution in [1.29, 1.82) is 0 Å². The Morgan fingerprint density at radius 2 is 2.08 bits per heavy atom. The molecular formula is C18H25N5O2S. The fourth-order valence-corrected chi connectivity index (χ4v) is 2.88. The van der Waals surface area contributed by atoms with Crippen LogP contribution in [0.3, 0.4) is 0 Å². The summed E-state index contributed by atoms with van der Waals surface area (Å²) in [5.74, 6) is -0.581. The number of likely N-dealkylation sites (N-methyl/N-ethyl adjacent to an activating group) is 1. The van der Waals surface area contributed by atoms with E-state index in [-0.39, 0.29) is 17.5 Å². The second kappa shape index (κ2) is 9.30. The second-order valence-corrected chi connectivity index (χ2v) is 7.18. The quantitative estimate of drug-likeness (QED) is 0.657. The first-order valence-electron chi connectivity index (χ1n) is 8.37. The van der Waals surface area contributed by atoms with Crippen LogP contribution in [0.5, 0.6) is 0 Å². The van der Waals surface area contributed by atoms with E-state index in [1.54, 1.807) is 12.3 Å². The van der Waals surface area contributed by atoms with Crippen LogP contribution >= 0.6 is 11.3 Å². The average Bonchev–Trinajstić information content (AvgIpc) is 3.03. The summed E-state index contributed by atoms with van der Waals surface area (Å²) >= 11 is 1.34. The first-order valence-corrected chi connectivity index (χ1v) is 9.25. The number of nitrogens with zero attached hydrogens (tertiary/aromatic N) is 2. The van der Waals surface area contributed by atoms with Gasteiger partial charge in [0.25, 0.3) is 5.91 Å². The highest BCUT2D eigenvalue weighted by atomic mass is 32.1. The third kappa shape index (κ3) is 6.12. The normalized spacial score (nSPS) is 11.9. The first-order chi connectivity index (χ1) is 12.3. The lowest BCUT2D eigenvalue weighted by atomic mass is 10.2. The van der Waals surface area contributed by atoms with Gasteiger partial charge >= 0.3 is 0 Å². The number of aryl methyl sites for hydroxylation is 1. The predicted molar refractivity (Wildman–Crippen MR) is 105 cm³/mol. The molecule has 0 spiro atoms. The summed E-state index contributed by atoms with van der Waals surface area (Å²) in [7, 11) is 3.87. The molecule has 0 saturated carbocycles. The third-order valence-corrected chi connectivity index (χ3v) is 4.36. The molecule has 0 aliphatic rings. The monoisotopic (exact) mass is 375 g/mol. The number of amides is 2. The number of carbonyl (C=O) groups is 2. The van der Waals surface area contributed by atoms with Gasteiger partial charge in [0, 0.05) is 24.2 Å². The van der Waals surface area contributed by atoms with Crippen LogP contribution in [0.25, 0.3) is 0 Å². The van der Waals surface area contributed by atoms with E-state index in [0.29, 0.717) is 11.7 Å². The second-order valence-electron chi connectivity index (χ2n) is 6.32. The number of rotatable bonds is 8. The van der Waals surface area contributed by atoms with Crippen molar-refractivity contribution in [2.75, 3.05) is 32.5 Å². The van der Waals surface area contributed by atoms with Crippen molar-refractivity contribution in [1.82, 2.24) is 20.5 Å². The minimum absolute atomic E-state index is 0.214. The van der Waals surface area contributed by atoms with Gasteiger partial charge in [-0.3, -0.25) is 9.59 Å². The molecule has 140 valence electrons. The molecule has 26 heavy (non-hydrogen) atoms. The summed E-state index contributed by atoms with van der Waals surface area (Å²) in [6.45, 7) is 4.94. The minimum Gasteiger partial charge on any atom is -0.353 e. The zero-order valence-corrected chi connectivity index (χ0v) is 16.3. The summed E-state index contributed by atoms with van der Waals surface area (Å²) in [5, 5.41) is 10.9. The lowest BCUT2D eigenvalue weighted by Crippen LogP contribution is -2.46. The number of anilines is 2. The number of thiazole rings is 1. The van der Waals surface area contributed by atoms with Gasteiger partial charge in [-0.25, -0.2) is 4.98 Å². The zero-order chi connectivity index (χ0) is 19.1. The Labute approximate surface area is 157 Å². The average molecular weight is 375 g/mol. The lowest BCUT2D eigenvalue weighted by molar-refractivity contribution is -0.122. The molecule has 0 radical (unpaired) electrons. The Hall–Kier alpha value is -2.45. The SMILES string of the molecule is Cc1cccc(Nc2nc(C(=O)NC(C)C(=O)NCCN(C)C)cs2)c1. The Balaban J connectivity index is 1.87. The number of aromatic nitrogens is 1. The van der Waals surface area contributed by atoms with Crippen molar-refractivity contribution < 1.29 is 9.59 Å². The van der Waals surface area contributed by atoms with Crippen molar-refractivity contribution in [2.24, 2.45) is 0 Å². The lowest BCUT2D eigenvalue weighted by Gasteiger charge is -2.15. The number of hydrogen-bond acceptors (Lipinski definition) is 6. The zero-order valence-electron chi connectivity index (χ0n) is 15.5. The first kappa shape index (κ1) is 19.9. The molecule has 7 nitrogen and oxygen atoms in total. The molecule has 1 aromatic heterocycles. The molecule has 2 aromatic rings. The maximum Gasteiger partial charge on any atom is 0.271 e. The predicted octanol–water partition coefficient (Wildman–Crippen LogP) is 1.99. The molecule has 1 heterocycles. The van der Waals surface area contributed by atoms with Gasteiger partial charge < -0.3 is 20.9 Å². The summed E-state index contributed by atoms with van der Waals surface area (Å²) in [6, 6.07) is 7.28. The minimum atomic E-state index is -0.625. The molecule has 3 N–H and O–H groups in total. The van der Waals surface area contributed by atoms with Crippen LogP contribution in [0.2, 0.25) is 0 Å². The molecule has 8 heteroatoms. The molecule has 2 rings (SSSR count). The molecule has 0 saturated heterocycles. The maximum absolute atomic E-state index is 12.3. The standard InChI is InChI=1S/C18H25N5O2S/c1-12-6-5-7-14(10-12)21-18-22-15(11-26-18)17(25)20-13(2)16(24)19-8-9-23(3)4/h5-7,10-11,13H,8-9H2,1-4H3,(H,19,24)(H,20,25)(H,21,22). The number of nitrogens with one attached hydrogen (secondary N) is 3. The summed E-state index contributed by atoms with van der Waals surface area (Å²) in [4.78, 5) is 30.5. The Bertz CT molecular complexity index is 760. The van der Waals surface area contributed by atoms with Crippen LogP contribution in [0, 0.1) is 6.92 Å². The van der Waals surface area contributed by atoms with Crippen LogP contribution in [0.1, 0.15) is 23.0 Å². The summed E-state index contributed by atoms with van der Waals surface area (Å²) in [5.41, 5.74) is 2.34. The van der Waals surface area contributed by atoms with E-state index in [4.69, 9.17) is 0 Å². The van der Waals surface area contributed by atoms with E-state index in [9.17, 15) is 9.59 Å².